The van der Waals surface area contributed by atoms with E-state index < -0.39 is 129 Å². The predicted molar refractivity (Wildman–Crippen MR) is 143 cm³/mol. The molecular formula is C34H26F6N2O6. The lowest BCUT2D eigenvalue weighted by Crippen LogP contribution is -2.66. The molecule has 12 aliphatic rings. The first-order valence-corrected chi connectivity index (χ1v) is 16.7. The number of halogens is 6. The molecular weight excluding hydrogens is 646 g/mol. The largest absolute Gasteiger partial charge is 0.418 e. The van der Waals surface area contributed by atoms with E-state index in [1.807, 2.05) is 0 Å². The van der Waals surface area contributed by atoms with E-state index in [9.17, 15) is 19.2 Å². The van der Waals surface area contributed by atoms with Crippen LogP contribution in [-0.2, 0) is 39.9 Å². The van der Waals surface area contributed by atoms with Crippen molar-refractivity contribution in [3.05, 3.63) is 47.5 Å². The zero-order valence-electron chi connectivity index (χ0n) is 24.8. The molecule has 8 heterocycles. The molecule has 6 saturated heterocycles. The molecule has 1 aromatic carbocycles. The second-order valence-corrected chi connectivity index (χ2v) is 16.3. The maximum atomic E-state index is 15.8. The van der Waals surface area contributed by atoms with Crippen LogP contribution in [0.25, 0.3) is 0 Å². The smallest absolute Gasteiger partial charge is 0.348 e. The molecule has 0 spiro atoms. The van der Waals surface area contributed by atoms with Gasteiger partial charge in [0.2, 0.25) is 23.6 Å². The Bertz CT molecular complexity index is 1710. The first-order valence-electron chi connectivity index (χ1n) is 16.7. The number of imide groups is 2. The van der Waals surface area contributed by atoms with Crippen LogP contribution in [0.3, 0.4) is 0 Å². The molecule has 16 atom stereocenters. The Balaban J connectivity index is 1.13. The zero-order chi connectivity index (χ0) is 33.0. The number of rotatable bonds is 0. The minimum atomic E-state index is -5.26. The molecule has 0 radical (unpaired) electrons. The lowest BCUT2D eigenvalue weighted by atomic mass is 9.46. The lowest BCUT2D eigenvalue weighted by Gasteiger charge is -2.53. The number of hydrogen-bond donors (Lipinski definition) is 0. The molecule has 4 aliphatic carbocycles. The second-order valence-electron chi connectivity index (χ2n) is 16.3. The Labute approximate surface area is 267 Å². The van der Waals surface area contributed by atoms with Gasteiger partial charge in [0.1, 0.15) is 11.2 Å². The van der Waals surface area contributed by atoms with Crippen molar-refractivity contribution in [2.24, 2.45) is 71.0 Å². The Hall–Kier alpha value is -3.26. The summed E-state index contributed by atoms with van der Waals surface area (Å²) in [6, 6.07) is 7.05. The van der Waals surface area contributed by atoms with Crippen LogP contribution < -0.4 is 0 Å². The first-order chi connectivity index (χ1) is 22.6. The summed E-state index contributed by atoms with van der Waals surface area (Å²) in [6.07, 6.45) is -7.36. The average molecular weight is 673 g/mol. The van der Waals surface area contributed by atoms with E-state index in [0.29, 0.717) is 11.1 Å². The molecule has 10 fully saturated rings. The summed E-state index contributed by atoms with van der Waals surface area (Å²) in [7, 11) is 0. The summed E-state index contributed by atoms with van der Waals surface area (Å²) in [6.45, 7) is -0.648. The molecule has 14 heteroatoms. The Morgan fingerprint density at radius 1 is 0.562 bits per heavy atom. The summed E-state index contributed by atoms with van der Waals surface area (Å²) in [5.74, 6) is -19.0. The van der Waals surface area contributed by atoms with E-state index in [2.05, 4.69) is 0 Å². The molecule has 13 rings (SSSR count). The van der Waals surface area contributed by atoms with Crippen LogP contribution in [-0.4, -0.2) is 70.1 Å². The molecule has 48 heavy (non-hydrogen) atoms. The molecule has 8 aliphatic heterocycles. The second kappa shape index (κ2) is 7.28. The standard InChI is InChI=1S/C34H26F6N2O6/c35-33(36,37)31-21-11-7-12-18-17(11)25(43)41(26(18)44)9-29-5-6-30(47-29,16-4-2-1-3-15(16)29)10-42-27(45)19-13-8-14(20(19)28(42)46)24(23(13)31)32(48-31,22(12)21)34(38,39)40/h1-6,11-14,17-24H,7-10H2/t11-,12+,13+,14-,17+,18-,19-,20+,21+,22-,23-,24+,29?,30?,31?,32?. The highest BCUT2D eigenvalue weighted by atomic mass is 19.4. The summed E-state index contributed by atoms with van der Waals surface area (Å²) in [5.41, 5.74) is -8.00. The average Bonchev–Trinajstić information content (AvgIpc) is 3.87. The molecule has 4 unspecified atom stereocenters. The van der Waals surface area contributed by atoms with Crippen molar-refractivity contribution >= 4 is 23.6 Å². The number of carbonyl (C=O) groups is 4. The van der Waals surface area contributed by atoms with Crippen molar-refractivity contribution in [2.45, 2.75) is 47.6 Å². The van der Waals surface area contributed by atoms with E-state index in [1.54, 1.807) is 36.4 Å². The quantitative estimate of drug-likeness (QED) is 0.239. The molecule has 250 valence electrons. The number of hydrogen-bond acceptors (Lipinski definition) is 6. The van der Waals surface area contributed by atoms with Gasteiger partial charge in [0.05, 0.1) is 36.8 Å². The van der Waals surface area contributed by atoms with E-state index in [1.165, 1.54) is 0 Å². The van der Waals surface area contributed by atoms with Gasteiger partial charge in [0, 0.05) is 23.7 Å². The molecule has 8 nitrogen and oxygen atoms in total. The lowest BCUT2D eigenvalue weighted by molar-refractivity contribution is -0.329. The number of nitrogens with zero attached hydrogens (tertiary/aromatic N) is 2. The zero-order valence-corrected chi connectivity index (χ0v) is 24.8. The van der Waals surface area contributed by atoms with Gasteiger partial charge < -0.3 is 9.47 Å². The fourth-order valence-electron chi connectivity index (χ4n) is 14.6. The first kappa shape index (κ1) is 27.5. The fraction of sp³-hybridized carbons (Fsp3) is 0.647. The van der Waals surface area contributed by atoms with Crippen molar-refractivity contribution in [3.63, 3.8) is 0 Å². The molecule has 0 aromatic heterocycles. The normalized spacial score (nSPS) is 55.1. The molecule has 4 saturated carbocycles. The van der Waals surface area contributed by atoms with E-state index in [0.717, 1.165) is 9.80 Å². The van der Waals surface area contributed by atoms with E-state index >= 15 is 26.3 Å². The highest BCUT2D eigenvalue weighted by Crippen LogP contribution is 2.86. The third-order valence-electron chi connectivity index (χ3n) is 15.3. The third kappa shape index (κ3) is 2.33. The van der Waals surface area contributed by atoms with Crippen molar-refractivity contribution in [2.75, 3.05) is 13.1 Å². The predicted octanol–water partition coefficient (Wildman–Crippen LogP) is 3.30. The minimum Gasteiger partial charge on any atom is -0.348 e. The van der Waals surface area contributed by atoms with Crippen LogP contribution in [0.1, 0.15) is 24.0 Å². The summed E-state index contributed by atoms with van der Waals surface area (Å²) in [5, 5.41) is 0. The number of alkyl halides is 6. The van der Waals surface area contributed by atoms with Crippen LogP contribution in [0.5, 0.6) is 0 Å². The monoisotopic (exact) mass is 672 g/mol. The van der Waals surface area contributed by atoms with E-state index in [-0.39, 0.29) is 25.9 Å². The van der Waals surface area contributed by atoms with Crippen molar-refractivity contribution < 1.29 is 55.0 Å². The Morgan fingerprint density at radius 3 is 1.21 bits per heavy atom. The maximum Gasteiger partial charge on any atom is 0.418 e. The SMILES string of the molecule is O=C1[C@@H]2[C@@H]3C[C@@H]4[C@@H]2C(=O)N1CC12C=CC(CN5C(=O)[C@@H]6[C@@H]7C[C@H]([C@@H]6C5=O)[C@H]5[C@@H]7C6(C(F)(F)F)OC5(C(F)(F)F)[C@H]3[C@H]46)(O1)c1ccccc12. The Kier molecular flexibility index (Phi) is 4.18. The molecule has 1 aromatic rings. The van der Waals surface area contributed by atoms with Gasteiger partial charge in [-0.25, -0.2) is 0 Å². The molecule has 14 bridgehead atoms. The summed E-state index contributed by atoms with van der Waals surface area (Å²) >= 11 is 0. The number of fused-ring (bicyclic) bond motifs is 1. The van der Waals surface area contributed by atoms with Gasteiger partial charge in [-0.05, 0) is 59.8 Å². The number of amides is 4. The van der Waals surface area contributed by atoms with Gasteiger partial charge in [-0.2, -0.15) is 26.3 Å². The number of ether oxygens (including phenoxy) is 2. The van der Waals surface area contributed by atoms with Gasteiger partial charge in [0.25, 0.3) is 0 Å². The van der Waals surface area contributed by atoms with Crippen LogP contribution in [0.15, 0.2) is 36.4 Å². The maximum absolute atomic E-state index is 15.8. The summed E-state index contributed by atoms with van der Waals surface area (Å²) in [4.78, 5) is 59.1. The van der Waals surface area contributed by atoms with Crippen LogP contribution in [0.2, 0.25) is 0 Å². The third-order valence-corrected chi connectivity index (χ3v) is 15.3. The van der Waals surface area contributed by atoms with Crippen LogP contribution >= 0.6 is 0 Å². The van der Waals surface area contributed by atoms with Gasteiger partial charge in [0.15, 0.2) is 11.2 Å². The molecule has 4 amide bonds. The summed E-state index contributed by atoms with van der Waals surface area (Å²) < 4.78 is 107. The van der Waals surface area contributed by atoms with Crippen molar-refractivity contribution in [1.82, 2.24) is 9.80 Å². The highest BCUT2D eigenvalue weighted by Gasteiger charge is 2.97. The van der Waals surface area contributed by atoms with Crippen LogP contribution in [0.4, 0.5) is 26.3 Å². The van der Waals surface area contributed by atoms with Gasteiger partial charge >= 0.3 is 12.4 Å². The molecule has 0 N–H and O–H groups in total. The van der Waals surface area contributed by atoms with Crippen LogP contribution in [0, 0.1) is 71.0 Å². The number of carbonyl (C=O) groups excluding carboxylic acids is 4. The fourth-order valence-corrected chi connectivity index (χ4v) is 14.6. The van der Waals surface area contributed by atoms with Gasteiger partial charge in [-0.15, -0.1) is 0 Å². The van der Waals surface area contributed by atoms with Crippen molar-refractivity contribution in [3.8, 4) is 0 Å². The van der Waals surface area contributed by atoms with Crippen molar-refractivity contribution in [1.29, 1.82) is 0 Å². The topological polar surface area (TPSA) is 93.2 Å². The Morgan fingerprint density at radius 2 is 0.896 bits per heavy atom. The van der Waals surface area contributed by atoms with Gasteiger partial charge in [-0.3, -0.25) is 29.0 Å². The highest BCUT2D eigenvalue weighted by molar-refractivity contribution is 6.07. The van der Waals surface area contributed by atoms with Gasteiger partial charge in [-0.1, -0.05) is 24.3 Å². The van der Waals surface area contributed by atoms with E-state index in [4.69, 9.17) is 9.47 Å². The minimum absolute atomic E-state index is 0.115. The number of benzene rings is 1.